The molecule has 7 aromatic carbocycles. The number of thiophene rings is 1. The summed E-state index contributed by atoms with van der Waals surface area (Å²) >= 11 is 1.85. The van der Waals surface area contributed by atoms with Crippen LogP contribution < -0.4 is 0 Å². The van der Waals surface area contributed by atoms with Crippen LogP contribution in [-0.4, -0.2) is 9.97 Å². The second-order valence-corrected chi connectivity index (χ2v) is 15.7. The highest BCUT2D eigenvalue weighted by Crippen LogP contribution is 2.40. The minimum absolute atomic E-state index is 0.669. The second kappa shape index (κ2) is 12.6. The van der Waals surface area contributed by atoms with Gasteiger partial charge in [-0.15, -0.1) is 11.3 Å². The molecule has 0 N–H and O–H groups in total. The van der Waals surface area contributed by atoms with Gasteiger partial charge in [-0.3, -0.25) is 0 Å². The monoisotopic (exact) mass is 746 g/mol. The third-order valence-corrected chi connectivity index (χ3v) is 12.4. The van der Waals surface area contributed by atoms with Crippen LogP contribution in [0.25, 0.3) is 120 Å². The van der Waals surface area contributed by atoms with Crippen LogP contribution in [0.4, 0.5) is 0 Å². The Labute approximate surface area is 330 Å². The van der Waals surface area contributed by atoms with Gasteiger partial charge in [-0.2, -0.15) is 0 Å². The van der Waals surface area contributed by atoms with Crippen molar-refractivity contribution in [1.82, 2.24) is 9.97 Å². The molecule has 12 rings (SSSR count). The fourth-order valence-corrected chi connectivity index (χ4v) is 9.42. The normalized spacial score (nSPS) is 11.9. The zero-order valence-electron chi connectivity index (χ0n) is 30.4. The molecule has 0 radical (unpaired) electrons. The van der Waals surface area contributed by atoms with Crippen LogP contribution in [-0.2, 0) is 0 Å². The summed E-state index contributed by atoms with van der Waals surface area (Å²) in [6, 6.07) is 61.1. The molecule has 5 heterocycles. The van der Waals surface area contributed by atoms with E-state index in [9.17, 15) is 0 Å². The van der Waals surface area contributed by atoms with E-state index in [4.69, 9.17) is 8.83 Å². The number of hydrogen-bond donors (Lipinski definition) is 0. The Kier molecular flexibility index (Phi) is 7.06. The van der Waals surface area contributed by atoms with Gasteiger partial charge in [0, 0.05) is 54.1 Å². The van der Waals surface area contributed by atoms with Crippen molar-refractivity contribution >= 4 is 75.6 Å². The number of benzene rings is 7. The molecule has 0 unspecified atom stereocenters. The van der Waals surface area contributed by atoms with Crippen molar-refractivity contribution in [3.63, 3.8) is 0 Å². The molecule has 5 heteroatoms. The smallest absolute Gasteiger partial charge is 0.227 e. The molecular weight excluding hydrogens is 717 g/mol. The van der Waals surface area contributed by atoms with E-state index in [1.165, 1.54) is 59.1 Å². The third kappa shape index (κ3) is 5.35. The van der Waals surface area contributed by atoms with Gasteiger partial charge in [-0.05, 0) is 147 Å². The highest BCUT2D eigenvalue weighted by Gasteiger charge is 2.14. The van der Waals surface area contributed by atoms with E-state index >= 15 is 0 Å². The molecule has 266 valence electrons. The van der Waals surface area contributed by atoms with Crippen molar-refractivity contribution in [3.05, 3.63) is 182 Å². The zero-order valence-corrected chi connectivity index (χ0v) is 31.3. The van der Waals surface area contributed by atoms with E-state index in [2.05, 4.69) is 162 Å². The first-order chi connectivity index (χ1) is 28.2. The lowest BCUT2D eigenvalue weighted by atomic mass is 9.95. The van der Waals surface area contributed by atoms with E-state index in [-0.39, 0.29) is 0 Å². The molecule has 0 fully saturated rings. The Bertz CT molecular complexity index is 3550. The highest BCUT2D eigenvalue weighted by atomic mass is 32.1. The minimum atomic E-state index is 0.669. The van der Waals surface area contributed by atoms with Gasteiger partial charge in [0.05, 0.1) is 0 Å². The van der Waals surface area contributed by atoms with E-state index in [0.717, 1.165) is 49.4 Å². The van der Waals surface area contributed by atoms with Crippen LogP contribution >= 0.6 is 11.3 Å². The SMILES string of the molecule is c1cc(-c2cccc(-c3ccc4sc5ccc(-c6cccc(-c7ccc8oc9ncccc9c8c7)c6)cc5c4c3)c2)cc(-c2ccc3oc4ncccc4c3c2)c1. The quantitative estimate of drug-likeness (QED) is 0.176. The van der Waals surface area contributed by atoms with Crippen LogP contribution in [0.5, 0.6) is 0 Å². The van der Waals surface area contributed by atoms with Gasteiger partial charge in [-0.25, -0.2) is 9.97 Å². The van der Waals surface area contributed by atoms with Gasteiger partial charge in [0.1, 0.15) is 11.2 Å². The predicted octanol–water partition coefficient (Wildman–Crippen LogP) is 15.0. The maximum Gasteiger partial charge on any atom is 0.227 e. The van der Waals surface area contributed by atoms with Gasteiger partial charge in [-0.1, -0.05) is 78.9 Å². The van der Waals surface area contributed by atoms with E-state index in [0.29, 0.717) is 11.4 Å². The van der Waals surface area contributed by atoms with Gasteiger partial charge >= 0.3 is 0 Å². The van der Waals surface area contributed by atoms with E-state index in [1.54, 1.807) is 12.4 Å². The molecule has 0 aliphatic rings. The largest absolute Gasteiger partial charge is 0.438 e. The Hall–Kier alpha value is -7.34. The fourth-order valence-electron chi connectivity index (χ4n) is 8.35. The molecule has 57 heavy (non-hydrogen) atoms. The molecular formula is C52H30N2O2S. The van der Waals surface area contributed by atoms with E-state index in [1.807, 2.05) is 29.5 Å². The number of hydrogen-bond acceptors (Lipinski definition) is 5. The second-order valence-electron chi connectivity index (χ2n) is 14.6. The van der Waals surface area contributed by atoms with Gasteiger partial charge < -0.3 is 8.83 Å². The van der Waals surface area contributed by atoms with Crippen LogP contribution in [0.1, 0.15) is 0 Å². The Morgan fingerprint density at radius 3 is 1.05 bits per heavy atom. The number of rotatable bonds is 5. The molecule has 0 saturated carbocycles. The number of aromatic nitrogens is 2. The molecule has 0 atom stereocenters. The Balaban J connectivity index is 0.881. The van der Waals surface area contributed by atoms with Crippen LogP contribution in [0.15, 0.2) is 191 Å². The summed E-state index contributed by atoms with van der Waals surface area (Å²) in [6.45, 7) is 0. The van der Waals surface area contributed by atoms with Gasteiger partial charge in [0.25, 0.3) is 0 Å². The van der Waals surface area contributed by atoms with Crippen molar-refractivity contribution in [1.29, 1.82) is 0 Å². The summed E-state index contributed by atoms with van der Waals surface area (Å²) in [4.78, 5) is 8.82. The standard InChI is InChI=1S/C52H30N2O2S/c1-6-31(24-33(8-1)37-14-18-47-43(27-37)41-12-4-22-53-51(41)55-47)32-7-2-10-35(25-32)39-16-20-49-45(29-39)46-30-40(17-21-50(46)57-49)36-11-3-9-34(26-36)38-15-19-48-44(28-38)42-13-5-23-54-52(42)56-48/h1-30H. The molecule has 0 amide bonds. The van der Waals surface area contributed by atoms with Gasteiger partial charge in [0.15, 0.2) is 0 Å². The Morgan fingerprint density at radius 2 is 0.649 bits per heavy atom. The number of fused-ring (bicyclic) bond motifs is 9. The number of pyridine rings is 2. The zero-order chi connectivity index (χ0) is 37.5. The van der Waals surface area contributed by atoms with Gasteiger partial charge in [0.2, 0.25) is 11.4 Å². The molecule has 12 aromatic rings. The van der Waals surface area contributed by atoms with E-state index < -0.39 is 0 Å². The first kappa shape index (κ1) is 32.0. The maximum atomic E-state index is 5.99. The van der Waals surface area contributed by atoms with Crippen LogP contribution in [0, 0.1) is 0 Å². The molecule has 5 aromatic heterocycles. The average Bonchev–Trinajstić information content (AvgIpc) is 3.96. The summed E-state index contributed by atoms with van der Waals surface area (Å²) in [5, 5.41) is 6.79. The van der Waals surface area contributed by atoms with Crippen molar-refractivity contribution in [2.75, 3.05) is 0 Å². The summed E-state index contributed by atoms with van der Waals surface area (Å²) in [6.07, 6.45) is 3.54. The first-order valence-electron chi connectivity index (χ1n) is 19.0. The molecule has 0 saturated heterocycles. The lowest BCUT2D eigenvalue weighted by Gasteiger charge is -2.09. The molecule has 0 spiro atoms. The van der Waals surface area contributed by atoms with Crippen LogP contribution in [0.2, 0.25) is 0 Å². The predicted molar refractivity (Wildman–Crippen MR) is 237 cm³/mol. The van der Waals surface area contributed by atoms with Crippen molar-refractivity contribution in [2.24, 2.45) is 0 Å². The first-order valence-corrected chi connectivity index (χ1v) is 19.8. The molecule has 0 bridgehead atoms. The van der Waals surface area contributed by atoms with Crippen molar-refractivity contribution in [2.45, 2.75) is 0 Å². The molecule has 0 aliphatic heterocycles. The fraction of sp³-hybridized carbons (Fsp3) is 0. The number of nitrogens with zero attached hydrogens (tertiary/aromatic N) is 2. The minimum Gasteiger partial charge on any atom is -0.438 e. The maximum absolute atomic E-state index is 5.99. The lowest BCUT2D eigenvalue weighted by molar-refractivity contribution is 0.653. The third-order valence-electron chi connectivity index (χ3n) is 11.2. The Morgan fingerprint density at radius 1 is 0.298 bits per heavy atom. The number of furan rings is 2. The molecule has 4 nitrogen and oxygen atoms in total. The molecule has 0 aliphatic carbocycles. The highest BCUT2D eigenvalue weighted by molar-refractivity contribution is 7.25. The summed E-state index contributed by atoms with van der Waals surface area (Å²) < 4.78 is 14.6. The topological polar surface area (TPSA) is 52.1 Å². The summed E-state index contributed by atoms with van der Waals surface area (Å²) in [5.74, 6) is 0. The lowest BCUT2D eigenvalue weighted by Crippen LogP contribution is -1.84. The summed E-state index contributed by atoms with van der Waals surface area (Å²) in [7, 11) is 0. The van der Waals surface area contributed by atoms with Crippen molar-refractivity contribution in [3.8, 4) is 55.6 Å². The summed E-state index contributed by atoms with van der Waals surface area (Å²) in [5.41, 5.74) is 14.8. The van der Waals surface area contributed by atoms with Crippen LogP contribution in [0.3, 0.4) is 0 Å². The van der Waals surface area contributed by atoms with Crippen molar-refractivity contribution < 1.29 is 8.83 Å². The average molecular weight is 747 g/mol.